The van der Waals surface area contributed by atoms with Crippen molar-refractivity contribution in [3.63, 3.8) is 0 Å². The summed E-state index contributed by atoms with van der Waals surface area (Å²) in [5, 5.41) is 8.04. The predicted molar refractivity (Wildman–Crippen MR) is 60.0 cm³/mol. The van der Waals surface area contributed by atoms with Gasteiger partial charge in [-0.05, 0) is 25.1 Å². The molecule has 2 rings (SSSR count). The maximum atomic E-state index is 13.5. The Balaban J connectivity index is 2.62. The third-order valence-corrected chi connectivity index (χ3v) is 2.43. The van der Waals surface area contributed by atoms with Crippen LogP contribution in [0.15, 0.2) is 18.2 Å². The second kappa shape index (κ2) is 4.31. The monoisotopic (exact) mass is 257 g/mol. The summed E-state index contributed by atoms with van der Waals surface area (Å²) in [6, 6.07) is 4.13. The van der Waals surface area contributed by atoms with Crippen LogP contribution in [0.5, 0.6) is 0 Å². The summed E-state index contributed by atoms with van der Waals surface area (Å²) in [5.74, 6) is -0.0394. The van der Waals surface area contributed by atoms with E-state index >= 15 is 0 Å². The fraction of sp³-hybridized carbons (Fsp3) is 0.100. The van der Waals surface area contributed by atoms with Gasteiger partial charge in [0.05, 0.1) is 0 Å². The average molecular weight is 258 g/mol. The van der Waals surface area contributed by atoms with Crippen LogP contribution in [-0.4, -0.2) is 15.2 Å². The summed E-state index contributed by atoms with van der Waals surface area (Å²) in [4.78, 5) is 3.90. The van der Waals surface area contributed by atoms with E-state index < -0.39 is 5.82 Å². The molecule has 16 heavy (non-hydrogen) atoms. The summed E-state index contributed by atoms with van der Waals surface area (Å²) in [6.45, 7) is 1.65. The minimum atomic E-state index is -0.466. The van der Waals surface area contributed by atoms with Gasteiger partial charge in [0.1, 0.15) is 17.3 Å². The Bertz CT molecular complexity index is 546. The summed E-state index contributed by atoms with van der Waals surface area (Å²) < 4.78 is 13.5. The van der Waals surface area contributed by atoms with Crippen LogP contribution in [0.25, 0.3) is 11.3 Å². The first-order valence-electron chi connectivity index (χ1n) is 4.40. The van der Waals surface area contributed by atoms with Crippen molar-refractivity contribution >= 4 is 23.2 Å². The molecule has 1 aromatic heterocycles. The van der Waals surface area contributed by atoms with Crippen LogP contribution in [0.1, 0.15) is 5.82 Å². The molecule has 0 fully saturated rings. The standard InChI is InChI=1S/C10H6Cl2FN3/c1-5-14-10(12)9(16-15-5)7-4-6(11)2-3-8(7)13/h2-4H,1H3. The summed E-state index contributed by atoms with van der Waals surface area (Å²) in [6.07, 6.45) is 0. The number of rotatable bonds is 1. The van der Waals surface area contributed by atoms with Crippen LogP contribution in [0.2, 0.25) is 10.2 Å². The molecule has 2 aromatic rings. The number of hydrogen-bond donors (Lipinski definition) is 0. The molecule has 0 aliphatic rings. The molecule has 0 spiro atoms. The lowest BCUT2D eigenvalue weighted by Crippen LogP contribution is -1.97. The maximum Gasteiger partial charge on any atom is 0.159 e. The molecule has 0 aliphatic carbocycles. The van der Waals surface area contributed by atoms with E-state index in [0.29, 0.717) is 10.8 Å². The Morgan fingerprint density at radius 1 is 1.19 bits per heavy atom. The van der Waals surface area contributed by atoms with Crippen LogP contribution in [0.3, 0.4) is 0 Å². The zero-order valence-corrected chi connectivity index (χ0v) is 9.72. The van der Waals surface area contributed by atoms with Crippen molar-refractivity contribution in [2.45, 2.75) is 6.92 Å². The molecule has 3 nitrogen and oxygen atoms in total. The fourth-order valence-electron chi connectivity index (χ4n) is 1.22. The minimum Gasteiger partial charge on any atom is -0.217 e. The van der Waals surface area contributed by atoms with Gasteiger partial charge < -0.3 is 0 Å². The van der Waals surface area contributed by atoms with Crippen molar-refractivity contribution in [2.24, 2.45) is 0 Å². The Hall–Kier alpha value is -1.26. The minimum absolute atomic E-state index is 0.105. The van der Waals surface area contributed by atoms with Crippen LogP contribution >= 0.6 is 23.2 Å². The zero-order valence-electron chi connectivity index (χ0n) is 8.21. The van der Waals surface area contributed by atoms with Crippen LogP contribution < -0.4 is 0 Å². The van der Waals surface area contributed by atoms with E-state index in [-0.39, 0.29) is 16.4 Å². The lowest BCUT2D eigenvalue weighted by molar-refractivity contribution is 0.630. The molecule has 1 heterocycles. The predicted octanol–water partition coefficient (Wildman–Crippen LogP) is 3.29. The maximum absolute atomic E-state index is 13.5. The SMILES string of the molecule is Cc1nnc(-c2cc(Cl)ccc2F)c(Cl)n1. The molecule has 1 aromatic carbocycles. The number of aryl methyl sites for hydroxylation is 1. The Morgan fingerprint density at radius 2 is 1.94 bits per heavy atom. The normalized spacial score (nSPS) is 10.5. The molecular formula is C10H6Cl2FN3. The van der Waals surface area contributed by atoms with E-state index in [2.05, 4.69) is 15.2 Å². The van der Waals surface area contributed by atoms with Crippen LogP contribution in [0, 0.1) is 12.7 Å². The highest BCUT2D eigenvalue weighted by atomic mass is 35.5. The summed E-state index contributed by atoms with van der Waals surface area (Å²) in [7, 11) is 0. The van der Waals surface area contributed by atoms with Gasteiger partial charge in [-0.3, -0.25) is 0 Å². The van der Waals surface area contributed by atoms with E-state index in [9.17, 15) is 4.39 Å². The lowest BCUT2D eigenvalue weighted by Gasteiger charge is -2.04. The number of nitrogens with zero attached hydrogens (tertiary/aromatic N) is 3. The molecule has 0 bridgehead atoms. The lowest BCUT2D eigenvalue weighted by atomic mass is 10.1. The Labute approximate surface area is 101 Å². The van der Waals surface area contributed by atoms with Crippen molar-refractivity contribution in [1.82, 2.24) is 15.2 Å². The number of aromatic nitrogens is 3. The van der Waals surface area contributed by atoms with Gasteiger partial charge in [0.2, 0.25) is 0 Å². The zero-order chi connectivity index (χ0) is 11.7. The van der Waals surface area contributed by atoms with Crippen molar-refractivity contribution < 1.29 is 4.39 Å². The first kappa shape index (κ1) is 11.2. The van der Waals surface area contributed by atoms with E-state index in [1.54, 1.807) is 6.92 Å². The second-order valence-electron chi connectivity index (χ2n) is 3.12. The molecule has 0 radical (unpaired) electrons. The quantitative estimate of drug-likeness (QED) is 0.787. The van der Waals surface area contributed by atoms with E-state index in [1.165, 1.54) is 18.2 Å². The van der Waals surface area contributed by atoms with Gasteiger partial charge in [0.25, 0.3) is 0 Å². The molecule has 0 amide bonds. The summed E-state index contributed by atoms with van der Waals surface area (Å²) >= 11 is 11.6. The molecule has 82 valence electrons. The Kier molecular flexibility index (Phi) is 3.03. The number of hydrogen-bond acceptors (Lipinski definition) is 3. The van der Waals surface area contributed by atoms with E-state index in [0.717, 1.165) is 0 Å². The Morgan fingerprint density at radius 3 is 2.62 bits per heavy atom. The molecule has 0 aliphatic heterocycles. The molecule has 6 heteroatoms. The van der Waals surface area contributed by atoms with Gasteiger partial charge in [0, 0.05) is 10.6 Å². The first-order chi connectivity index (χ1) is 7.58. The molecule has 0 atom stereocenters. The van der Waals surface area contributed by atoms with Gasteiger partial charge in [-0.2, -0.15) is 0 Å². The summed E-state index contributed by atoms with van der Waals surface area (Å²) in [5.41, 5.74) is 0.379. The second-order valence-corrected chi connectivity index (χ2v) is 3.92. The third kappa shape index (κ3) is 2.13. The molecular weight excluding hydrogens is 252 g/mol. The van der Waals surface area contributed by atoms with Gasteiger partial charge in [-0.1, -0.05) is 23.2 Å². The molecule has 0 N–H and O–H groups in total. The highest BCUT2D eigenvalue weighted by Crippen LogP contribution is 2.28. The topological polar surface area (TPSA) is 38.7 Å². The van der Waals surface area contributed by atoms with Crippen molar-refractivity contribution in [2.75, 3.05) is 0 Å². The van der Waals surface area contributed by atoms with Crippen LogP contribution in [0.4, 0.5) is 4.39 Å². The largest absolute Gasteiger partial charge is 0.217 e. The van der Waals surface area contributed by atoms with Gasteiger partial charge >= 0.3 is 0 Å². The van der Waals surface area contributed by atoms with Crippen molar-refractivity contribution in [3.8, 4) is 11.3 Å². The molecule has 0 saturated carbocycles. The highest BCUT2D eigenvalue weighted by Gasteiger charge is 2.13. The van der Waals surface area contributed by atoms with E-state index in [1.807, 2.05) is 0 Å². The van der Waals surface area contributed by atoms with Crippen LogP contribution in [-0.2, 0) is 0 Å². The smallest absolute Gasteiger partial charge is 0.159 e. The van der Waals surface area contributed by atoms with E-state index in [4.69, 9.17) is 23.2 Å². The number of halogens is 3. The molecule has 0 unspecified atom stereocenters. The molecule has 0 saturated heterocycles. The van der Waals surface area contributed by atoms with Gasteiger partial charge in [-0.25, -0.2) is 9.37 Å². The first-order valence-corrected chi connectivity index (χ1v) is 5.16. The van der Waals surface area contributed by atoms with Gasteiger partial charge in [0.15, 0.2) is 5.15 Å². The number of benzene rings is 1. The highest BCUT2D eigenvalue weighted by molar-refractivity contribution is 6.32. The fourth-order valence-corrected chi connectivity index (χ4v) is 1.66. The van der Waals surface area contributed by atoms with Gasteiger partial charge in [-0.15, -0.1) is 10.2 Å². The van der Waals surface area contributed by atoms with Crippen molar-refractivity contribution in [1.29, 1.82) is 0 Å². The third-order valence-electron chi connectivity index (χ3n) is 1.93. The van der Waals surface area contributed by atoms with Crippen molar-refractivity contribution in [3.05, 3.63) is 40.0 Å². The average Bonchev–Trinajstić information content (AvgIpc) is 2.22.